The average Bonchev–Trinajstić information content (AvgIpc) is 2.83. The lowest BCUT2D eigenvalue weighted by atomic mass is 10.00. The lowest BCUT2D eigenvalue weighted by molar-refractivity contribution is 1.35. The molecule has 0 aliphatic carbocycles. The molecule has 0 aliphatic rings. The van der Waals surface area contributed by atoms with Gasteiger partial charge in [0.15, 0.2) is 0 Å². The van der Waals surface area contributed by atoms with E-state index in [0.717, 1.165) is 33.4 Å². The van der Waals surface area contributed by atoms with Crippen LogP contribution in [0.3, 0.4) is 0 Å². The van der Waals surface area contributed by atoms with Crippen molar-refractivity contribution >= 4 is 0 Å². The Labute approximate surface area is 185 Å². The summed E-state index contributed by atoms with van der Waals surface area (Å²) in [6.45, 7) is 16.2. The smallest absolute Gasteiger partial charge is 0.0281 e. The minimum Gasteiger partial charge on any atom is -0.0683 e. The SMILES string of the molecule is CC.CC.CC.Cc1cc(C#Cc2ccccc2)c(C)cc1C#Cc1ccccc1. The molecule has 0 heteroatoms. The van der Waals surface area contributed by atoms with Crippen molar-refractivity contribution in [3.63, 3.8) is 0 Å². The fourth-order valence-electron chi connectivity index (χ4n) is 2.41. The van der Waals surface area contributed by atoms with E-state index in [4.69, 9.17) is 0 Å². The van der Waals surface area contributed by atoms with Crippen LogP contribution in [-0.4, -0.2) is 0 Å². The Morgan fingerprint density at radius 2 is 0.733 bits per heavy atom. The first-order valence-electron chi connectivity index (χ1n) is 11.0. The third kappa shape index (κ3) is 9.32. The number of hydrogen-bond donors (Lipinski definition) is 0. The average molecular weight is 397 g/mol. The lowest BCUT2D eigenvalue weighted by Crippen LogP contribution is -1.90. The molecule has 0 atom stereocenters. The van der Waals surface area contributed by atoms with Gasteiger partial charge in [0.1, 0.15) is 0 Å². The van der Waals surface area contributed by atoms with Crippen LogP contribution in [0.25, 0.3) is 0 Å². The zero-order chi connectivity index (χ0) is 22.8. The van der Waals surface area contributed by atoms with Crippen LogP contribution in [0, 0.1) is 37.5 Å². The number of benzene rings is 3. The Hall–Kier alpha value is -3.22. The molecule has 0 bridgehead atoms. The van der Waals surface area contributed by atoms with Gasteiger partial charge in [0.2, 0.25) is 0 Å². The van der Waals surface area contributed by atoms with Crippen molar-refractivity contribution in [3.8, 4) is 23.7 Å². The summed E-state index contributed by atoms with van der Waals surface area (Å²) in [5.74, 6) is 13.0. The van der Waals surface area contributed by atoms with Gasteiger partial charge in [-0.15, -0.1) is 0 Å². The Balaban J connectivity index is 0.00000129. The molecule has 0 heterocycles. The first kappa shape index (κ1) is 26.8. The second kappa shape index (κ2) is 16.7. The number of aryl methyl sites for hydroxylation is 2. The zero-order valence-corrected chi connectivity index (χ0v) is 19.9. The van der Waals surface area contributed by atoms with Crippen LogP contribution in [0.2, 0.25) is 0 Å². The van der Waals surface area contributed by atoms with Crippen LogP contribution < -0.4 is 0 Å². The normalized spacial score (nSPS) is 8.13. The van der Waals surface area contributed by atoms with Gasteiger partial charge in [0.25, 0.3) is 0 Å². The quantitative estimate of drug-likeness (QED) is 0.336. The van der Waals surface area contributed by atoms with Crippen molar-refractivity contribution in [1.29, 1.82) is 0 Å². The van der Waals surface area contributed by atoms with Gasteiger partial charge in [0, 0.05) is 22.3 Å². The molecular formula is C30H36. The van der Waals surface area contributed by atoms with Crippen molar-refractivity contribution in [3.05, 3.63) is 106 Å². The van der Waals surface area contributed by atoms with Gasteiger partial charge in [-0.2, -0.15) is 0 Å². The second-order valence-electron chi connectivity index (χ2n) is 5.71. The molecule has 0 radical (unpaired) electrons. The summed E-state index contributed by atoms with van der Waals surface area (Å²) in [4.78, 5) is 0. The first-order valence-corrected chi connectivity index (χ1v) is 11.0. The summed E-state index contributed by atoms with van der Waals surface area (Å²) < 4.78 is 0. The van der Waals surface area contributed by atoms with Crippen LogP contribution in [0.1, 0.15) is 74.9 Å². The van der Waals surface area contributed by atoms with Crippen LogP contribution in [0.4, 0.5) is 0 Å². The Morgan fingerprint density at radius 3 is 1.03 bits per heavy atom. The van der Waals surface area contributed by atoms with Crippen LogP contribution >= 0.6 is 0 Å². The second-order valence-corrected chi connectivity index (χ2v) is 5.71. The molecule has 0 spiro atoms. The van der Waals surface area contributed by atoms with E-state index in [1.54, 1.807) is 0 Å². The molecule has 156 valence electrons. The monoisotopic (exact) mass is 396 g/mol. The summed E-state index contributed by atoms with van der Waals surface area (Å²) in [7, 11) is 0. The molecule has 0 amide bonds. The van der Waals surface area contributed by atoms with Crippen LogP contribution in [-0.2, 0) is 0 Å². The molecule has 3 aromatic rings. The molecule has 0 fully saturated rings. The maximum atomic E-state index is 3.27. The van der Waals surface area contributed by atoms with Gasteiger partial charge < -0.3 is 0 Å². The van der Waals surface area contributed by atoms with Crippen molar-refractivity contribution in [1.82, 2.24) is 0 Å². The molecule has 0 saturated heterocycles. The Kier molecular flexibility index (Phi) is 14.9. The first-order chi connectivity index (χ1) is 14.7. The molecule has 3 rings (SSSR count). The van der Waals surface area contributed by atoms with Gasteiger partial charge in [-0.25, -0.2) is 0 Å². The predicted octanol–water partition coefficient (Wildman–Crippen LogP) is 8.18. The van der Waals surface area contributed by atoms with Crippen molar-refractivity contribution in [2.75, 3.05) is 0 Å². The van der Waals surface area contributed by atoms with Gasteiger partial charge >= 0.3 is 0 Å². The van der Waals surface area contributed by atoms with E-state index in [9.17, 15) is 0 Å². The maximum absolute atomic E-state index is 3.27. The summed E-state index contributed by atoms with van der Waals surface area (Å²) in [5, 5.41) is 0. The van der Waals surface area contributed by atoms with Gasteiger partial charge in [-0.1, -0.05) is 102 Å². The molecule has 0 N–H and O–H groups in total. The number of rotatable bonds is 0. The highest BCUT2D eigenvalue weighted by Crippen LogP contribution is 2.15. The van der Waals surface area contributed by atoms with E-state index in [-0.39, 0.29) is 0 Å². The third-order valence-electron chi connectivity index (χ3n) is 3.80. The van der Waals surface area contributed by atoms with Crippen LogP contribution in [0.5, 0.6) is 0 Å². The van der Waals surface area contributed by atoms with E-state index in [0.29, 0.717) is 0 Å². The van der Waals surface area contributed by atoms with Gasteiger partial charge in [0.05, 0.1) is 0 Å². The van der Waals surface area contributed by atoms with Gasteiger partial charge in [-0.05, 0) is 61.4 Å². The molecule has 0 aromatic heterocycles. The Morgan fingerprint density at radius 1 is 0.433 bits per heavy atom. The van der Waals surface area contributed by atoms with Crippen LogP contribution in [0.15, 0.2) is 72.8 Å². The largest absolute Gasteiger partial charge is 0.0683 e. The van der Waals surface area contributed by atoms with Crippen molar-refractivity contribution < 1.29 is 0 Å². The highest BCUT2D eigenvalue weighted by molar-refractivity contribution is 5.54. The van der Waals surface area contributed by atoms with E-state index in [2.05, 4.69) is 49.7 Å². The van der Waals surface area contributed by atoms with E-state index in [1.807, 2.05) is 102 Å². The number of hydrogen-bond acceptors (Lipinski definition) is 0. The molecule has 0 unspecified atom stereocenters. The van der Waals surface area contributed by atoms with Gasteiger partial charge in [-0.3, -0.25) is 0 Å². The Bertz CT molecular complexity index is 874. The molecule has 3 aromatic carbocycles. The fraction of sp³-hybridized carbons (Fsp3) is 0.267. The summed E-state index contributed by atoms with van der Waals surface area (Å²) in [6.07, 6.45) is 0. The summed E-state index contributed by atoms with van der Waals surface area (Å²) in [5.41, 5.74) is 6.48. The van der Waals surface area contributed by atoms with E-state index < -0.39 is 0 Å². The maximum Gasteiger partial charge on any atom is 0.0281 e. The third-order valence-corrected chi connectivity index (χ3v) is 3.80. The van der Waals surface area contributed by atoms with E-state index >= 15 is 0 Å². The lowest BCUT2D eigenvalue weighted by Gasteiger charge is -2.04. The minimum absolute atomic E-state index is 1.03. The topological polar surface area (TPSA) is 0 Å². The molecule has 0 nitrogen and oxygen atoms in total. The van der Waals surface area contributed by atoms with E-state index in [1.165, 1.54) is 0 Å². The summed E-state index contributed by atoms with van der Waals surface area (Å²) in [6, 6.07) is 24.4. The minimum atomic E-state index is 1.03. The van der Waals surface area contributed by atoms with Crippen molar-refractivity contribution in [2.45, 2.75) is 55.4 Å². The molecule has 30 heavy (non-hydrogen) atoms. The fourth-order valence-corrected chi connectivity index (χ4v) is 2.41. The molecule has 0 saturated carbocycles. The zero-order valence-electron chi connectivity index (χ0n) is 19.9. The standard InChI is InChI=1S/C24H18.3C2H6/c1-19-17-24(16-14-22-11-7-4-8-12-22)20(2)18-23(19)15-13-21-9-5-3-6-10-21;3*1-2/h3-12,17-18H,1-2H3;3*1-2H3. The van der Waals surface area contributed by atoms with Crippen molar-refractivity contribution in [2.24, 2.45) is 0 Å². The highest BCUT2D eigenvalue weighted by Gasteiger charge is 2.01. The molecule has 0 aliphatic heterocycles. The summed E-state index contributed by atoms with van der Waals surface area (Å²) >= 11 is 0. The predicted molar refractivity (Wildman–Crippen MR) is 135 cm³/mol. The molecular weight excluding hydrogens is 360 g/mol. The highest BCUT2D eigenvalue weighted by atomic mass is 14.0.